The summed E-state index contributed by atoms with van der Waals surface area (Å²) in [7, 11) is 0. The molecule has 0 radical (unpaired) electrons. The number of carboxylic acid groups (broad SMARTS) is 1. The van der Waals surface area contributed by atoms with Crippen LogP contribution in [-0.4, -0.2) is 52.8 Å². The fraction of sp³-hybridized carbons (Fsp3) is 0.500. The third-order valence-electron chi connectivity index (χ3n) is 5.43. The molecule has 0 spiro atoms. The van der Waals surface area contributed by atoms with Crippen molar-refractivity contribution >= 4 is 16.9 Å². The number of nitrogens with zero attached hydrogens (tertiary/aromatic N) is 2. The molecule has 3 fully saturated rings. The SMILES string of the molecule is O=C(O)c1cccc2ccn(CCN[C@@H]3CN4CCC3CC4)c12. The number of benzene rings is 1. The number of fused-ring (bicyclic) bond motifs is 4. The van der Waals surface area contributed by atoms with E-state index in [9.17, 15) is 9.90 Å². The second-order valence-corrected chi connectivity index (χ2v) is 6.76. The Balaban J connectivity index is 1.45. The number of aromatic nitrogens is 1. The predicted octanol–water partition coefficient (Wildman–Crippen LogP) is 2.02. The molecule has 4 heterocycles. The Morgan fingerprint density at radius 1 is 1.26 bits per heavy atom. The molecule has 2 N–H and O–H groups in total. The van der Waals surface area contributed by atoms with E-state index in [4.69, 9.17) is 0 Å². The largest absolute Gasteiger partial charge is 0.478 e. The lowest BCUT2D eigenvalue weighted by Crippen LogP contribution is -2.56. The van der Waals surface area contributed by atoms with Gasteiger partial charge in [0.15, 0.2) is 0 Å². The van der Waals surface area contributed by atoms with Gasteiger partial charge in [-0.05, 0) is 44.0 Å². The van der Waals surface area contributed by atoms with Crippen LogP contribution >= 0.6 is 0 Å². The molecule has 0 saturated carbocycles. The van der Waals surface area contributed by atoms with Gasteiger partial charge < -0.3 is 19.9 Å². The van der Waals surface area contributed by atoms with Crippen molar-refractivity contribution in [2.45, 2.75) is 25.4 Å². The van der Waals surface area contributed by atoms with Gasteiger partial charge in [-0.15, -0.1) is 0 Å². The molecular weight excluding hydrogens is 290 g/mol. The maximum absolute atomic E-state index is 11.4. The molecule has 1 aromatic heterocycles. The van der Waals surface area contributed by atoms with Gasteiger partial charge in [0.1, 0.15) is 0 Å². The Hall–Kier alpha value is -1.85. The summed E-state index contributed by atoms with van der Waals surface area (Å²) in [5.41, 5.74) is 1.21. The third kappa shape index (κ3) is 2.75. The van der Waals surface area contributed by atoms with Crippen molar-refractivity contribution in [3.05, 3.63) is 36.0 Å². The number of rotatable bonds is 5. The summed E-state index contributed by atoms with van der Waals surface area (Å²) in [6, 6.07) is 8.05. The quantitative estimate of drug-likeness (QED) is 0.887. The summed E-state index contributed by atoms with van der Waals surface area (Å²) in [4.78, 5) is 14.0. The van der Waals surface area contributed by atoms with Crippen LogP contribution in [0.25, 0.3) is 10.9 Å². The molecule has 5 nitrogen and oxygen atoms in total. The Bertz CT molecular complexity index is 716. The van der Waals surface area contributed by atoms with Crippen molar-refractivity contribution in [1.29, 1.82) is 0 Å². The predicted molar refractivity (Wildman–Crippen MR) is 89.9 cm³/mol. The number of hydrogen-bond acceptors (Lipinski definition) is 3. The molecule has 5 heteroatoms. The van der Waals surface area contributed by atoms with E-state index < -0.39 is 5.97 Å². The van der Waals surface area contributed by atoms with Crippen LogP contribution < -0.4 is 5.32 Å². The van der Waals surface area contributed by atoms with Crippen LogP contribution in [-0.2, 0) is 6.54 Å². The normalized spacial score (nSPS) is 26.7. The van der Waals surface area contributed by atoms with Crippen LogP contribution in [0.5, 0.6) is 0 Å². The summed E-state index contributed by atoms with van der Waals surface area (Å²) in [6.45, 7) is 5.36. The first-order valence-corrected chi connectivity index (χ1v) is 8.49. The fourth-order valence-corrected chi connectivity index (χ4v) is 4.19. The molecule has 3 aliphatic heterocycles. The molecule has 0 aliphatic carbocycles. The van der Waals surface area contributed by atoms with Crippen molar-refractivity contribution in [3.63, 3.8) is 0 Å². The first kappa shape index (κ1) is 14.7. The third-order valence-corrected chi connectivity index (χ3v) is 5.43. The van der Waals surface area contributed by atoms with E-state index in [1.54, 1.807) is 6.07 Å². The molecular formula is C18H23N3O2. The zero-order chi connectivity index (χ0) is 15.8. The van der Waals surface area contributed by atoms with Crippen molar-refractivity contribution in [2.24, 2.45) is 5.92 Å². The molecule has 1 aromatic carbocycles. The van der Waals surface area contributed by atoms with Gasteiger partial charge in [0.2, 0.25) is 0 Å². The smallest absolute Gasteiger partial charge is 0.337 e. The minimum Gasteiger partial charge on any atom is -0.478 e. The van der Waals surface area contributed by atoms with Crippen molar-refractivity contribution < 1.29 is 9.90 Å². The lowest BCUT2D eigenvalue weighted by molar-refractivity contribution is 0.0698. The van der Waals surface area contributed by atoms with Crippen LogP contribution in [0.4, 0.5) is 0 Å². The number of piperidine rings is 3. The van der Waals surface area contributed by atoms with Gasteiger partial charge in [-0.25, -0.2) is 4.79 Å². The highest BCUT2D eigenvalue weighted by Crippen LogP contribution is 2.27. The molecule has 23 heavy (non-hydrogen) atoms. The maximum Gasteiger partial charge on any atom is 0.337 e. The van der Waals surface area contributed by atoms with Crippen LogP contribution in [0.15, 0.2) is 30.5 Å². The second kappa shape index (κ2) is 5.98. The fourth-order valence-electron chi connectivity index (χ4n) is 4.19. The first-order chi connectivity index (χ1) is 11.2. The Labute approximate surface area is 135 Å². The van der Waals surface area contributed by atoms with Crippen LogP contribution in [0.2, 0.25) is 0 Å². The van der Waals surface area contributed by atoms with Crippen LogP contribution in [0.1, 0.15) is 23.2 Å². The number of carboxylic acids is 1. The summed E-state index contributed by atoms with van der Waals surface area (Å²) in [6.07, 6.45) is 4.62. The van der Waals surface area contributed by atoms with Gasteiger partial charge in [0.25, 0.3) is 0 Å². The van der Waals surface area contributed by atoms with E-state index in [0.717, 1.165) is 36.5 Å². The highest BCUT2D eigenvalue weighted by molar-refractivity contribution is 6.02. The summed E-state index contributed by atoms with van der Waals surface area (Å²) < 4.78 is 2.06. The standard InChI is InChI=1S/C18H23N3O2/c22-18(23)15-3-1-2-14-6-10-21(17(14)15)11-7-19-16-12-20-8-4-13(16)5-9-20/h1-3,6,10,13,16,19H,4-5,7-9,11-12H2,(H,22,23)/t16-/m1/s1. The van der Waals surface area contributed by atoms with Crippen molar-refractivity contribution in [2.75, 3.05) is 26.2 Å². The second-order valence-electron chi connectivity index (χ2n) is 6.76. The topological polar surface area (TPSA) is 57.5 Å². The average Bonchev–Trinajstić information content (AvgIpc) is 2.99. The van der Waals surface area contributed by atoms with E-state index in [0.29, 0.717) is 11.6 Å². The summed E-state index contributed by atoms with van der Waals surface area (Å²) in [5, 5.41) is 14.1. The van der Waals surface area contributed by atoms with Gasteiger partial charge in [-0.2, -0.15) is 0 Å². The maximum atomic E-state index is 11.4. The Kier molecular flexibility index (Phi) is 3.83. The number of para-hydroxylation sites is 1. The molecule has 0 amide bonds. The summed E-state index contributed by atoms with van der Waals surface area (Å²) >= 11 is 0. The highest BCUT2D eigenvalue weighted by Gasteiger charge is 2.33. The molecule has 2 bridgehead atoms. The van der Waals surface area contributed by atoms with Gasteiger partial charge in [0.05, 0.1) is 11.1 Å². The minimum absolute atomic E-state index is 0.385. The monoisotopic (exact) mass is 313 g/mol. The van der Waals surface area contributed by atoms with E-state index in [2.05, 4.69) is 14.8 Å². The van der Waals surface area contributed by atoms with Gasteiger partial charge >= 0.3 is 5.97 Å². The number of carbonyl (C=O) groups is 1. The number of aromatic carboxylic acids is 1. The molecule has 1 atom stereocenters. The van der Waals surface area contributed by atoms with E-state index in [-0.39, 0.29) is 0 Å². The molecule has 5 rings (SSSR count). The molecule has 2 aromatic rings. The minimum atomic E-state index is -0.860. The lowest BCUT2D eigenvalue weighted by Gasteiger charge is -2.45. The number of hydrogen-bond donors (Lipinski definition) is 2. The Morgan fingerprint density at radius 3 is 2.78 bits per heavy atom. The van der Waals surface area contributed by atoms with Gasteiger partial charge in [-0.1, -0.05) is 12.1 Å². The highest BCUT2D eigenvalue weighted by atomic mass is 16.4. The van der Waals surface area contributed by atoms with E-state index in [1.807, 2.05) is 24.4 Å². The first-order valence-electron chi connectivity index (χ1n) is 8.49. The average molecular weight is 313 g/mol. The Morgan fingerprint density at radius 2 is 2.09 bits per heavy atom. The zero-order valence-electron chi connectivity index (χ0n) is 13.2. The zero-order valence-corrected chi connectivity index (χ0v) is 13.2. The number of nitrogens with one attached hydrogen (secondary N) is 1. The molecule has 0 unspecified atom stereocenters. The van der Waals surface area contributed by atoms with Crippen molar-refractivity contribution in [1.82, 2.24) is 14.8 Å². The van der Waals surface area contributed by atoms with Crippen molar-refractivity contribution in [3.8, 4) is 0 Å². The van der Waals surface area contributed by atoms with Gasteiger partial charge in [0, 0.05) is 37.3 Å². The van der Waals surface area contributed by atoms with Crippen LogP contribution in [0, 0.1) is 5.92 Å². The molecule has 3 aliphatic rings. The van der Waals surface area contributed by atoms with E-state index >= 15 is 0 Å². The molecule has 3 saturated heterocycles. The van der Waals surface area contributed by atoms with E-state index in [1.165, 1.54) is 25.9 Å². The lowest BCUT2D eigenvalue weighted by atomic mass is 9.84. The summed E-state index contributed by atoms with van der Waals surface area (Å²) in [5.74, 6) is -0.0445. The van der Waals surface area contributed by atoms with Gasteiger partial charge in [-0.3, -0.25) is 0 Å². The molecule has 122 valence electrons. The van der Waals surface area contributed by atoms with Crippen LogP contribution in [0.3, 0.4) is 0 Å².